The summed E-state index contributed by atoms with van der Waals surface area (Å²) in [5.74, 6) is 1.41. The minimum absolute atomic E-state index is 0.445. The van der Waals surface area contributed by atoms with Gasteiger partial charge in [-0.05, 0) is 39.9 Å². The van der Waals surface area contributed by atoms with E-state index in [9.17, 15) is 0 Å². The summed E-state index contributed by atoms with van der Waals surface area (Å²) in [6, 6.07) is 8.44. The summed E-state index contributed by atoms with van der Waals surface area (Å²) in [4.78, 5) is 10.6. The maximum absolute atomic E-state index is 6.07. The molecule has 2 heterocycles. The Kier molecular flexibility index (Phi) is 3.46. The van der Waals surface area contributed by atoms with Crippen LogP contribution in [0.25, 0.3) is 0 Å². The van der Waals surface area contributed by atoms with Crippen LogP contribution in [0, 0.1) is 5.92 Å². The zero-order valence-corrected chi connectivity index (χ0v) is 12.8. The zero-order valence-electron chi connectivity index (χ0n) is 10.5. The molecule has 2 aromatic rings. The van der Waals surface area contributed by atoms with Gasteiger partial charge in [0.2, 0.25) is 0 Å². The summed E-state index contributed by atoms with van der Waals surface area (Å²) in [5, 5.41) is 0.445. The maximum Gasteiger partial charge on any atom is 0.152 e. The lowest BCUT2D eigenvalue weighted by Crippen LogP contribution is -2.31. The van der Waals surface area contributed by atoms with E-state index in [1.54, 1.807) is 0 Å². The van der Waals surface area contributed by atoms with Crippen LogP contribution in [0.2, 0.25) is 5.15 Å². The highest BCUT2D eigenvalue weighted by Crippen LogP contribution is 2.38. The van der Waals surface area contributed by atoms with Crippen molar-refractivity contribution in [3.8, 4) is 0 Å². The van der Waals surface area contributed by atoms with E-state index in [4.69, 9.17) is 11.6 Å². The molecule has 0 fully saturated rings. The van der Waals surface area contributed by atoms with Gasteiger partial charge in [0.1, 0.15) is 11.5 Å². The topological polar surface area (TPSA) is 29.0 Å². The normalized spacial score (nSPS) is 18.3. The number of benzene rings is 1. The van der Waals surface area contributed by atoms with Crippen LogP contribution in [0.4, 0.5) is 11.5 Å². The van der Waals surface area contributed by atoms with E-state index in [0.29, 0.717) is 11.1 Å². The third kappa shape index (κ3) is 2.35. The van der Waals surface area contributed by atoms with Crippen LogP contribution < -0.4 is 4.90 Å². The molecule has 0 spiro atoms. The molecule has 0 radical (unpaired) electrons. The molecule has 19 heavy (non-hydrogen) atoms. The highest BCUT2D eigenvalue weighted by Gasteiger charge is 2.25. The fourth-order valence-electron chi connectivity index (χ4n) is 2.53. The van der Waals surface area contributed by atoms with Gasteiger partial charge in [0.05, 0.1) is 4.47 Å². The molecule has 0 N–H and O–H groups in total. The lowest BCUT2D eigenvalue weighted by atomic mass is 9.94. The Morgan fingerprint density at radius 1 is 1.32 bits per heavy atom. The van der Waals surface area contributed by atoms with Gasteiger partial charge in [-0.25, -0.2) is 9.97 Å². The van der Waals surface area contributed by atoms with Gasteiger partial charge < -0.3 is 4.90 Å². The Balaban J connectivity index is 2.13. The second kappa shape index (κ2) is 5.10. The van der Waals surface area contributed by atoms with Crippen molar-refractivity contribution in [3.63, 3.8) is 0 Å². The predicted octanol–water partition coefficient (Wildman–Crippen LogP) is 4.22. The Labute approximate surface area is 125 Å². The monoisotopic (exact) mass is 337 g/mol. The zero-order chi connectivity index (χ0) is 13.4. The minimum atomic E-state index is 0.445. The van der Waals surface area contributed by atoms with E-state index in [-0.39, 0.29) is 0 Å². The molecule has 0 saturated heterocycles. The summed E-state index contributed by atoms with van der Waals surface area (Å²) in [5.41, 5.74) is 2.55. The molecule has 3 rings (SSSR count). The van der Waals surface area contributed by atoms with Crippen LogP contribution in [-0.4, -0.2) is 16.5 Å². The van der Waals surface area contributed by atoms with Crippen molar-refractivity contribution in [2.75, 3.05) is 11.4 Å². The molecule has 1 aromatic carbocycles. The van der Waals surface area contributed by atoms with Crippen LogP contribution in [0.1, 0.15) is 12.5 Å². The SMILES string of the molecule is CC1Cc2ccccc2N(c2ncnc(Cl)c2Br)C1. The second-order valence-corrected chi connectivity index (χ2v) is 6.00. The molecule has 98 valence electrons. The maximum atomic E-state index is 6.07. The van der Waals surface area contributed by atoms with Gasteiger partial charge >= 0.3 is 0 Å². The number of halogens is 2. The molecular weight excluding hydrogens is 326 g/mol. The predicted molar refractivity (Wildman–Crippen MR) is 81.1 cm³/mol. The number of hydrogen-bond acceptors (Lipinski definition) is 3. The van der Waals surface area contributed by atoms with E-state index in [0.717, 1.165) is 23.3 Å². The molecule has 0 bridgehead atoms. The molecule has 1 unspecified atom stereocenters. The molecule has 1 aliphatic heterocycles. The van der Waals surface area contributed by atoms with Gasteiger partial charge in [0, 0.05) is 12.2 Å². The molecule has 1 aromatic heterocycles. The average molecular weight is 339 g/mol. The van der Waals surface area contributed by atoms with E-state index in [1.165, 1.54) is 17.6 Å². The highest BCUT2D eigenvalue weighted by atomic mass is 79.9. The first-order chi connectivity index (χ1) is 9.16. The standard InChI is InChI=1S/C14H13BrClN3/c1-9-6-10-4-2-3-5-11(10)19(7-9)14-12(15)13(16)17-8-18-14/h2-5,8-9H,6-7H2,1H3. The first-order valence-electron chi connectivity index (χ1n) is 6.18. The average Bonchev–Trinajstić information content (AvgIpc) is 2.41. The van der Waals surface area contributed by atoms with Gasteiger partial charge in [-0.3, -0.25) is 0 Å². The van der Waals surface area contributed by atoms with Gasteiger partial charge in [0.25, 0.3) is 0 Å². The van der Waals surface area contributed by atoms with E-state index in [1.807, 2.05) is 0 Å². The fraction of sp³-hybridized carbons (Fsp3) is 0.286. The Morgan fingerprint density at radius 3 is 2.95 bits per heavy atom. The van der Waals surface area contributed by atoms with Crippen molar-refractivity contribution in [2.24, 2.45) is 5.92 Å². The molecule has 3 nitrogen and oxygen atoms in total. The lowest BCUT2D eigenvalue weighted by Gasteiger charge is -2.34. The van der Waals surface area contributed by atoms with Crippen molar-refractivity contribution in [2.45, 2.75) is 13.3 Å². The molecule has 0 amide bonds. The summed E-state index contributed by atoms with van der Waals surface area (Å²) < 4.78 is 0.751. The van der Waals surface area contributed by atoms with Crippen LogP contribution >= 0.6 is 27.5 Å². The Hall–Kier alpha value is -1.13. The van der Waals surface area contributed by atoms with Crippen LogP contribution in [0.15, 0.2) is 35.1 Å². The van der Waals surface area contributed by atoms with Gasteiger partial charge in [-0.15, -0.1) is 0 Å². The third-order valence-corrected chi connectivity index (χ3v) is 4.57. The number of nitrogens with zero attached hydrogens (tertiary/aromatic N) is 3. The van der Waals surface area contributed by atoms with Crippen molar-refractivity contribution < 1.29 is 0 Å². The van der Waals surface area contributed by atoms with Crippen molar-refractivity contribution in [3.05, 3.63) is 45.8 Å². The summed E-state index contributed by atoms with van der Waals surface area (Å²) >= 11 is 9.56. The number of aromatic nitrogens is 2. The molecule has 5 heteroatoms. The summed E-state index contributed by atoms with van der Waals surface area (Å²) in [7, 11) is 0. The number of rotatable bonds is 1. The smallest absolute Gasteiger partial charge is 0.152 e. The quantitative estimate of drug-likeness (QED) is 0.729. The van der Waals surface area contributed by atoms with Gasteiger partial charge in [-0.2, -0.15) is 0 Å². The molecular formula is C14H13BrClN3. The first kappa shape index (κ1) is 12.9. The minimum Gasteiger partial charge on any atom is -0.325 e. The van der Waals surface area contributed by atoms with Crippen molar-refractivity contribution in [1.82, 2.24) is 9.97 Å². The number of anilines is 2. The lowest BCUT2D eigenvalue weighted by molar-refractivity contribution is 0.559. The van der Waals surface area contributed by atoms with E-state index in [2.05, 4.69) is 62.0 Å². The molecule has 1 atom stereocenters. The first-order valence-corrected chi connectivity index (χ1v) is 7.35. The Bertz CT molecular complexity index is 617. The van der Waals surface area contributed by atoms with Crippen LogP contribution in [-0.2, 0) is 6.42 Å². The highest BCUT2D eigenvalue weighted by molar-refractivity contribution is 9.10. The van der Waals surface area contributed by atoms with E-state index < -0.39 is 0 Å². The largest absolute Gasteiger partial charge is 0.325 e. The van der Waals surface area contributed by atoms with Crippen LogP contribution in [0.5, 0.6) is 0 Å². The number of para-hydroxylation sites is 1. The fourth-order valence-corrected chi connectivity index (χ4v) is 3.07. The number of hydrogen-bond donors (Lipinski definition) is 0. The molecule has 0 aliphatic carbocycles. The molecule has 1 aliphatic rings. The van der Waals surface area contributed by atoms with Gasteiger partial charge in [0.15, 0.2) is 5.82 Å². The van der Waals surface area contributed by atoms with Crippen molar-refractivity contribution in [1.29, 1.82) is 0 Å². The van der Waals surface area contributed by atoms with Gasteiger partial charge in [-0.1, -0.05) is 36.7 Å². The molecule has 0 saturated carbocycles. The Morgan fingerprint density at radius 2 is 2.11 bits per heavy atom. The van der Waals surface area contributed by atoms with Crippen LogP contribution in [0.3, 0.4) is 0 Å². The third-order valence-electron chi connectivity index (χ3n) is 3.33. The van der Waals surface area contributed by atoms with E-state index >= 15 is 0 Å². The summed E-state index contributed by atoms with van der Waals surface area (Å²) in [6.45, 7) is 3.18. The summed E-state index contributed by atoms with van der Waals surface area (Å²) in [6.07, 6.45) is 2.60. The second-order valence-electron chi connectivity index (χ2n) is 4.85. The number of fused-ring (bicyclic) bond motifs is 1. The van der Waals surface area contributed by atoms with Crippen molar-refractivity contribution >= 4 is 39.0 Å².